The minimum absolute atomic E-state index is 1.58. The van der Waals surface area contributed by atoms with Crippen molar-refractivity contribution in [1.82, 2.24) is 0 Å². The summed E-state index contributed by atoms with van der Waals surface area (Å²) in [6.45, 7) is -3.39. The molecule has 0 bridgehead atoms. The number of hydrogen-bond donors (Lipinski definition) is 0. The van der Waals surface area contributed by atoms with Crippen LogP contribution in [0.4, 0.5) is 0 Å². The maximum atomic E-state index is 10.7. The van der Waals surface area contributed by atoms with E-state index in [4.69, 9.17) is 56.2 Å². The number of nitrogens with zero attached hydrogens (tertiary/aromatic N) is 1. The molecule has 0 heterocycles. The van der Waals surface area contributed by atoms with Crippen molar-refractivity contribution in [2.45, 2.75) is 0 Å². The summed E-state index contributed by atoms with van der Waals surface area (Å²) in [6.07, 6.45) is 0. The normalized spacial score (nSPS) is 14.4. The average molecular weight is 300 g/mol. The molecule has 0 aliphatic rings. The molecule has 0 aromatic heterocycles. The Labute approximate surface area is 84.0 Å². The monoisotopic (exact) mass is 298 g/mol. The predicted octanol–water partition coefficient (Wildman–Crippen LogP) is 6.10. The third-order valence-corrected chi connectivity index (χ3v) is 11.4. The number of hydrogen-bond acceptors (Lipinski definition) is 2. The van der Waals surface area contributed by atoms with Crippen molar-refractivity contribution >= 4 is 75.3 Å². The van der Waals surface area contributed by atoms with Crippen molar-refractivity contribution in [2.75, 3.05) is 0 Å². The second-order valence-corrected chi connectivity index (χ2v) is 15.2. The van der Waals surface area contributed by atoms with Gasteiger partial charge in [0.15, 0.2) is 11.2 Å². The molecule has 0 N–H and O–H groups in total. The van der Waals surface area contributed by atoms with Gasteiger partial charge in [-0.2, -0.15) is 0 Å². The summed E-state index contributed by atoms with van der Waals surface area (Å²) in [4.78, 5) is 0. The van der Waals surface area contributed by atoms with Gasteiger partial charge in [0.1, 0.15) is 0 Å². The van der Waals surface area contributed by atoms with Crippen molar-refractivity contribution < 1.29 is 4.57 Å². The van der Waals surface area contributed by atoms with Crippen LogP contribution in [0.3, 0.4) is 0 Å². The summed E-state index contributed by atoms with van der Waals surface area (Å²) in [5.74, 6) is 0. The van der Waals surface area contributed by atoms with Crippen LogP contribution in [0.2, 0.25) is 0 Å². The molecule has 60 valence electrons. The van der Waals surface area contributed by atoms with Crippen LogP contribution in [0, 0.1) is 0 Å². The van der Waals surface area contributed by atoms with Gasteiger partial charge >= 0.3 is 12.3 Å². The van der Waals surface area contributed by atoms with Gasteiger partial charge < -0.3 is 0 Å². The smallest absolute Gasteiger partial charge is 0.233 e. The van der Waals surface area contributed by atoms with Crippen LogP contribution in [0.15, 0.2) is 4.52 Å². The van der Waals surface area contributed by atoms with Crippen molar-refractivity contribution in [1.29, 1.82) is 0 Å². The Morgan fingerprint density at radius 1 is 1.40 bits per heavy atom. The molecule has 0 saturated heterocycles. The first-order valence-electron chi connectivity index (χ1n) is 1.63. The second kappa shape index (κ2) is 5.05. The molecular weight excluding hydrogens is 300 g/mol. The van der Waals surface area contributed by atoms with E-state index in [9.17, 15) is 4.57 Å². The van der Waals surface area contributed by atoms with Crippen molar-refractivity contribution in [3.63, 3.8) is 0 Å². The molecule has 0 saturated carbocycles. The summed E-state index contributed by atoms with van der Waals surface area (Å²) < 4.78 is 14.1. The van der Waals surface area contributed by atoms with E-state index in [1.165, 1.54) is 0 Å². The molecule has 0 fully saturated rings. The van der Waals surface area contributed by atoms with Gasteiger partial charge in [-0.05, 0) is 27.0 Å². The first-order valence-corrected chi connectivity index (χ1v) is 11.2. The minimum atomic E-state index is -3.36. The second-order valence-electron chi connectivity index (χ2n) is 0.980. The van der Waals surface area contributed by atoms with E-state index in [2.05, 4.69) is 4.52 Å². The zero-order valence-electron chi connectivity index (χ0n) is 4.09. The summed E-state index contributed by atoms with van der Waals surface area (Å²) in [5, 5.41) is 0. The van der Waals surface area contributed by atoms with Gasteiger partial charge in [0, 0.05) is 22.5 Å². The maximum absolute atomic E-state index is 10.7. The van der Waals surface area contributed by atoms with Crippen molar-refractivity contribution in [3.8, 4) is 0 Å². The van der Waals surface area contributed by atoms with Gasteiger partial charge in [-0.1, -0.05) is 0 Å². The Balaban J connectivity index is 4.36. The molecule has 0 amide bonds. The van der Waals surface area contributed by atoms with E-state index >= 15 is 0 Å². The van der Waals surface area contributed by atoms with Crippen LogP contribution in [0.1, 0.15) is 0 Å². The predicted molar refractivity (Wildman–Crippen MR) is 53.1 cm³/mol. The lowest BCUT2D eigenvalue weighted by molar-refractivity contribution is 0.600. The lowest BCUT2D eigenvalue weighted by Crippen LogP contribution is -1.38. The molecular formula is Cl5NOP3+. The van der Waals surface area contributed by atoms with Gasteiger partial charge in [0.25, 0.3) is 6.78 Å². The molecule has 2 nitrogen and oxygen atoms in total. The zero-order chi connectivity index (χ0) is 8.36. The maximum Gasteiger partial charge on any atom is 0.473 e. The van der Waals surface area contributed by atoms with Crippen LogP contribution in [-0.4, -0.2) is 0 Å². The Bertz CT molecular complexity index is 181. The highest BCUT2D eigenvalue weighted by atomic mass is 35.9. The van der Waals surface area contributed by atoms with Crippen LogP contribution >= 0.6 is 75.3 Å². The van der Waals surface area contributed by atoms with Crippen LogP contribution in [0.5, 0.6) is 0 Å². The molecule has 1 unspecified atom stereocenters. The molecule has 0 aliphatic heterocycles. The third-order valence-electron chi connectivity index (χ3n) is 0.334. The molecule has 10 heavy (non-hydrogen) atoms. The van der Waals surface area contributed by atoms with Crippen LogP contribution in [-0.2, 0) is 4.57 Å². The highest BCUT2D eigenvalue weighted by Crippen LogP contribution is 2.82. The zero-order valence-corrected chi connectivity index (χ0v) is 10.5. The SMILES string of the molecule is O=P(Cl)(Cl)[P+](Cl)=NP(Cl)Cl. The molecule has 0 spiro atoms. The standard InChI is InChI=1S/Cl5NOP3/c1-8(2)6-9(3)10(4,5)7/q+1. The lowest BCUT2D eigenvalue weighted by atomic mass is 13.9. The topological polar surface area (TPSA) is 29.4 Å². The summed E-state index contributed by atoms with van der Waals surface area (Å²) >= 11 is 26.1. The lowest BCUT2D eigenvalue weighted by Gasteiger charge is -1.83. The van der Waals surface area contributed by atoms with Crippen LogP contribution in [0.25, 0.3) is 0 Å². The van der Waals surface area contributed by atoms with Gasteiger partial charge in [-0.3, -0.25) is 0 Å². The Morgan fingerprint density at radius 2 is 1.80 bits per heavy atom. The van der Waals surface area contributed by atoms with Crippen molar-refractivity contribution in [3.05, 3.63) is 0 Å². The molecule has 0 radical (unpaired) electrons. The Hall–Kier alpha value is 2.21. The fourth-order valence-electron chi connectivity index (χ4n) is 0.102. The highest BCUT2D eigenvalue weighted by molar-refractivity contribution is 8.57. The Kier molecular flexibility index (Phi) is 6.17. The largest absolute Gasteiger partial charge is 0.473 e. The van der Waals surface area contributed by atoms with Gasteiger partial charge in [0.05, 0.1) is 0 Å². The number of halogens is 5. The van der Waals surface area contributed by atoms with Gasteiger partial charge in [-0.15, -0.1) is 0 Å². The minimum Gasteiger partial charge on any atom is -0.233 e. The molecule has 10 heteroatoms. The average Bonchev–Trinajstić information content (AvgIpc) is 1.60. The summed E-state index contributed by atoms with van der Waals surface area (Å²) in [6, 6.07) is 0. The van der Waals surface area contributed by atoms with E-state index in [0.29, 0.717) is 0 Å². The van der Waals surface area contributed by atoms with Gasteiger partial charge in [0.2, 0.25) is 0 Å². The van der Waals surface area contributed by atoms with E-state index in [-0.39, 0.29) is 0 Å². The number of rotatable bonds is 2. The first kappa shape index (κ1) is 12.2. The third kappa shape index (κ3) is 5.81. The Morgan fingerprint density at radius 3 is 1.90 bits per heavy atom. The molecule has 0 aromatic carbocycles. The van der Waals surface area contributed by atoms with E-state index < -0.39 is 19.1 Å². The quantitative estimate of drug-likeness (QED) is 0.567. The fourth-order valence-corrected chi connectivity index (χ4v) is 7.41. The highest BCUT2D eigenvalue weighted by Gasteiger charge is 2.37. The summed E-state index contributed by atoms with van der Waals surface area (Å²) in [7, 11) is 0. The molecule has 0 rings (SSSR count). The van der Waals surface area contributed by atoms with E-state index in [1.807, 2.05) is 0 Å². The van der Waals surface area contributed by atoms with Gasteiger partial charge in [-0.25, -0.2) is 4.57 Å². The van der Waals surface area contributed by atoms with Crippen molar-refractivity contribution in [2.24, 2.45) is 4.52 Å². The first-order chi connectivity index (χ1) is 4.34. The van der Waals surface area contributed by atoms with Crippen LogP contribution < -0.4 is 0 Å². The van der Waals surface area contributed by atoms with E-state index in [0.717, 1.165) is 0 Å². The van der Waals surface area contributed by atoms with E-state index in [1.54, 1.807) is 0 Å². The summed E-state index contributed by atoms with van der Waals surface area (Å²) in [5.41, 5.74) is -3.36. The molecule has 1 atom stereocenters. The molecule has 0 aromatic rings. The fraction of sp³-hybridized carbons (Fsp3) is 0. The molecule has 0 aliphatic carbocycles.